The molecule has 4 heterocycles. The predicted octanol–water partition coefficient (Wildman–Crippen LogP) is 19.9. The number of ether oxygens (including phenoxy) is 5. The minimum Gasteiger partial charge on any atom is -0.497 e. The molecule has 1 atom stereocenters. The molecule has 3 aromatic heterocycles. The highest BCUT2D eigenvalue weighted by Gasteiger charge is 2.23. The molecule has 694 valence electrons. The van der Waals surface area contributed by atoms with Gasteiger partial charge in [-0.1, -0.05) is 126 Å². The number of hydrogen-bond acceptors (Lipinski definition) is 17. The van der Waals surface area contributed by atoms with Crippen molar-refractivity contribution in [1.82, 2.24) is 13.7 Å². The monoisotopic (exact) mass is 1900 g/mol. The molecule has 1 aliphatic heterocycles. The highest BCUT2D eigenvalue weighted by Crippen LogP contribution is 2.32. The first-order chi connectivity index (χ1) is 62.8. The zero-order valence-corrected chi connectivity index (χ0v) is 77.7. The van der Waals surface area contributed by atoms with Crippen molar-refractivity contribution in [3.63, 3.8) is 0 Å². The van der Waals surface area contributed by atoms with Crippen LogP contribution in [0.1, 0.15) is 120 Å². The maximum atomic E-state index is 13.0. The second kappa shape index (κ2) is 60.1. The molecule has 0 spiro atoms. The van der Waals surface area contributed by atoms with Crippen LogP contribution in [0.15, 0.2) is 284 Å². The highest BCUT2D eigenvalue weighted by molar-refractivity contribution is 6.32. The minimum atomic E-state index is -0.955. The van der Waals surface area contributed by atoms with Crippen molar-refractivity contribution in [3.8, 4) is 28.7 Å². The van der Waals surface area contributed by atoms with Crippen LogP contribution in [0.4, 0.5) is 0 Å². The number of nitrogens with zero attached hydrogens (tertiary/aromatic N) is 4. The molecule has 13 aromatic rings. The second-order valence-corrected chi connectivity index (χ2v) is 29.2. The Balaban J connectivity index is 0.000000382. The number of amides is 3. The molecule has 132 heavy (non-hydrogen) atoms. The summed E-state index contributed by atoms with van der Waals surface area (Å²) in [6, 6.07) is 76.1. The van der Waals surface area contributed by atoms with E-state index in [1.165, 1.54) is 9.13 Å². The van der Waals surface area contributed by atoms with Gasteiger partial charge in [-0.2, -0.15) is 0 Å². The lowest BCUT2D eigenvalue weighted by Crippen LogP contribution is -2.14. The van der Waals surface area contributed by atoms with E-state index in [-0.39, 0.29) is 50.0 Å². The van der Waals surface area contributed by atoms with Crippen LogP contribution >= 0.6 is 58.0 Å². The number of aromatic nitrogens is 3. The summed E-state index contributed by atoms with van der Waals surface area (Å²) in [5, 5.41) is 46.5. The number of nitrogens with two attached hydrogens (primary N) is 3. The van der Waals surface area contributed by atoms with Gasteiger partial charge in [0, 0.05) is 106 Å². The first-order valence-corrected chi connectivity index (χ1v) is 41.5. The minimum absolute atomic E-state index is 0.0658. The summed E-state index contributed by atoms with van der Waals surface area (Å²) >= 11 is 28.4. The van der Waals surface area contributed by atoms with E-state index >= 15 is 0 Å². The molecule has 1 unspecified atom stereocenters. The third-order valence-corrected chi connectivity index (χ3v) is 19.1. The standard InChI is InChI=1S/C19H16ClNO4.C14H12ClNO3.C11H11NO2.3C7H6ClNO.C7H9NO2.3C7H8O.2C3H6O2/c1-11-15(10-18(22)23)16-9-14(25-2)7-8-17(16)21(11)19(24)12-3-5-13(20)6-4-12;1-9-11(8-13(17)18)6-7-16(9)14(19)10-2-4-12(15)5-3-10;1-8-5-9-6-10(14-2)3-4-11(9)12(8)7-13;3*8-6-3-1-5(2-4-6)7(9)10;1-5-6(2-3-8-5)4-7(9)10;3*1-8-7-5-3-2-4-6-7;2*1-2-3(4)5/h3-9H,10H2,1-2H3,(H,22,23);2-7H,8H2,1H3,(H,17,18);3-7H,1-2H3;3*1-4H,(H2,9,10);2-3,5H,4H2,1H3,(H,9,10);3*2-6H,1H3;2*2H2,1H3,(H,4,5). The summed E-state index contributed by atoms with van der Waals surface area (Å²) in [7, 11) is 8.16. The van der Waals surface area contributed by atoms with E-state index in [1.807, 2.05) is 129 Å². The van der Waals surface area contributed by atoms with Gasteiger partial charge in [0.1, 0.15) is 28.7 Å². The molecule has 1 aliphatic rings. The Bertz CT molecular complexity index is 5700. The number of methoxy groups -OCH3 is 5. The van der Waals surface area contributed by atoms with Gasteiger partial charge in [0.25, 0.3) is 11.8 Å². The molecule has 14 rings (SSSR count). The summed E-state index contributed by atoms with van der Waals surface area (Å²) in [6.45, 7) is 10.5. The predicted molar refractivity (Wildman–Crippen MR) is 516 cm³/mol. The van der Waals surface area contributed by atoms with Crippen molar-refractivity contribution >= 4 is 152 Å². The summed E-state index contributed by atoms with van der Waals surface area (Å²) in [5.74, 6) is -1.75. The number of hydrogen-bond donors (Lipinski definition) is 8. The van der Waals surface area contributed by atoms with Crippen LogP contribution in [-0.2, 0) is 41.6 Å². The van der Waals surface area contributed by atoms with Crippen molar-refractivity contribution < 1.29 is 102 Å². The molecular weight excluding hydrogens is 1800 g/mol. The number of primary amides is 3. The number of aliphatic carboxylic acids is 5. The number of carboxylic acid groups (broad SMARTS) is 5. The van der Waals surface area contributed by atoms with E-state index in [2.05, 4.69) is 4.99 Å². The van der Waals surface area contributed by atoms with Crippen LogP contribution < -0.4 is 40.9 Å². The number of carbonyl (C=O) groups excluding carboxylic acids is 6. The van der Waals surface area contributed by atoms with Crippen LogP contribution in [0.3, 0.4) is 0 Å². The molecule has 28 nitrogen and oxygen atoms in total. The molecule has 0 fully saturated rings. The number of allylic oxidation sites excluding steroid dienone is 1. The first-order valence-electron chi connectivity index (χ1n) is 39.6. The summed E-state index contributed by atoms with van der Waals surface area (Å²) < 4.78 is 29.7. The first kappa shape index (κ1) is 111. The van der Waals surface area contributed by atoms with E-state index in [4.69, 9.17) is 119 Å². The topological polar surface area (TPSA) is 440 Å². The van der Waals surface area contributed by atoms with Crippen LogP contribution in [0.25, 0.3) is 21.8 Å². The van der Waals surface area contributed by atoms with Crippen molar-refractivity contribution in [1.29, 1.82) is 0 Å². The van der Waals surface area contributed by atoms with Gasteiger partial charge < -0.3 is 66.4 Å². The number of rotatable bonds is 19. The van der Waals surface area contributed by atoms with E-state index in [0.29, 0.717) is 92.1 Å². The largest absolute Gasteiger partial charge is 0.497 e. The number of halogens is 5. The molecule has 3 amide bonds. The van der Waals surface area contributed by atoms with Crippen LogP contribution in [0, 0.1) is 20.8 Å². The number of fused-ring (bicyclic) bond motifs is 2. The molecule has 0 saturated carbocycles. The van der Waals surface area contributed by atoms with E-state index < -0.39 is 47.6 Å². The maximum Gasteiger partial charge on any atom is 0.307 e. The fourth-order valence-corrected chi connectivity index (χ4v) is 11.4. The normalized spacial score (nSPS) is 10.6. The Morgan fingerprint density at radius 3 is 1.03 bits per heavy atom. The van der Waals surface area contributed by atoms with Gasteiger partial charge >= 0.3 is 29.8 Å². The summed E-state index contributed by atoms with van der Waals surface area (Å²) in [6.07, 6.45) is 6.13. The lowest BCUT2D eigenvalue weighted by atomic mass is 10.1. The molecular formula is C99H102Cl5N7O21. The molecule has 0 aliphatic carbocycles. The lowest BCUT2D eigenvalue weighted by molar-refractivity contribution is -0.137. The van der Waals surface area contributed by atoms with Crippen molar-refractivity contribution in [3.05, 3.63) is 360 Å². The van der Waals surface area contributed by atoms with Gasteiger partial charge in [-0.15, -0.1) is 0 Å². The van der Waals surface area contributed by atoms with E-state index in [1.54, 1.807) is 232 Å². The Kier molecular flexibility index (Phi) is 50.7. The number of carboxylic acids is 5. The Hall–Kier alpha value is -14.8. The van der Waals surface area contributed by atoms with Gasteiger partial charge in [0.05, 0.1) is 71.9 Å². The highest BCUT2D eigenvalue weighted by atomic mass is 35.5. The summed E-state index contributed by atoms with van der Waals surface area (Å²) in [5.41, 5.74) is 23.2. The SMILES string of the molecule is CC1N=CC=C1CC(=O)O.CCC(=O)O.CCC(=O)O.COc1ccc2c(c1)c(CC(=O)O)c(C)n2C(=O)c1ccc(Cl)cc1.COc1ccc2c(c1)cc(C)n2C=O.COc1ccccc1.COc1ccccc1.COc1ccccc1.Cc1c(CC(=O)O)ccn1C(=O)c1ccc(Cl)cc1.NC(=O)c1ccc(Cl)cc1.NC(=O)c1ccc(Cl)cc1.NC(=O)c1ccc(Cl)cc1. The zero-order chi connectivity index (χ0) is 98.5. The van der Waals surface area contributed by atoms with Gasteiger partial charge in [-0.3, -0.25) is 71.4 Å². The fourth-order valence-electron chi connectivity index (χ4n) is 10.8. The molecule has 0 bridgehead atoms. The van der Waals surface area contributed by atoms with Gasteiger partial charge in [0.2, 0.25) is 24.1 Å². The second-order valence-electron chi connectivity index (χ2n) is 27.0. The summed E-state index contributed by atoms with van der Waals surface area (Å²) in [4.78, 5) is 122. The number of carbonyl (C=O) groups is 11. The molecule has 11 N–H and O–H groups in total. The van der Waals surface area contributed by atoms with E-state index in [0.717, 1.165) is 51.6 Å². The Morgan fingerprint density at radius 2 is 0.727 bits per heavy atom. The van der Waals surface area contributed by atoms with Gasteiger partial charge in [-0.05, 0) is 257 Å². The number of aliphatic imine (C=N–C) groups is 1. The van der Waals surface area contributed by atoms with Crippen LogP contribution in [0.2, 0.25) is 25.1 Å². The van der Waals surface area contributed by atoms with Crippen LogP contribution in [0.5, 0.6) is 28.7 Å². The molecule has 0 saturated heterocycles. The fraction of sp³-hybridized carbons (Fsp3) is 0.172. The third-order valence-electron chi connectivity index (χ3n) is 17.8. The molecule has 33 heteroatoms. The molecule has 10 aromatic carbocycles. The lowest BCUT2D eigenvalue weighted by Gasteiger charge is -2.08. The Labute approximate surface area is 788 Å². The van der Waals surface area contributed by atoms with Crippen molar-refractivity contribution in [2.45, 2.75) is 79.7 Å². The van der Waals surface area contributed by atoms with Crippen LogP contribution in [-0.4, -0.2) is 153 Å². The Morgan fingerprint density at radius 1 is 0.394 bits per heavy atom. The number of benzene rings is 10. The molecule has 0 radical (unpaired) electrons. The maximum absolute atomic E-state index is 13.0. The average Bonchev–Trinajstić information content (AvgIpc) is 1.60. The average molecular weight is 1900 g/mol. The van der Waals surface area contributed by atoms with Gasteiger partial charge in [-0.25, -0.2) is 0 Å². The zero-order valence-electron chi connectivity index (χ0n) is 73.9. The third kappa shape index (κ3) is 40.7. The van der Waals surface area contributed by atoms with Crippen molar-refractivity contribution in [2.24, 2.45) is 22.2 Å². The quantitative estimate of drug-likeness (QED) is 0.0349. The van der Waals surface area contributed by atoms with E-state index in [9.17, 15) is 57.8 Å². The van der Waals surface area contributed by atoms with Gasteiger partial charge in [0.15, 0.2) is 0 Å². The number of para-hydroxylation sites is 3. The smallest absolute Gasteiger partial charge is 0.307 e. The number of aryl methyl sites for hydroxylation is 1. The van der Waals surface area contributed by atoms with Crippen molar-refractivity contribution in [2.75, 3.05) is 35.5 Å².